The van der Waals surface area contributed by atoms with Gasteiger partial charge in [0, 0.05) is 33.1 Å². The lowest BCUT2D eigenvalue weighted by atomic mass is 10.3. The average molecular weight is 259 g/mol. The molecule has 6 nitrogen and oxygen atoms in total. The molecule has 0 aliphatic carbocycles. The maximum absolute atomic E-state index is 11.4. The number of hydrogen-bond acceptors (Lipinski definition) is 5. The first kappa shape index (κ1) is 13.1. The predicted molar refractivity (Wildman–Crippen MR) is 72.4 cm³/mol. The van der Waals surface area contributed by atoms with Crippen molar-refractivity contribution < 1.29 is 4.79 Å². The average Bonchev–Trinajstić information content (AvgIpc) is 2.65. The van der Waals surface area contributed by atoms with E-state index in [1.54, 1.807) is 13.0 Å². The molecule has 0 spiro atoms. The molecule has 0 atom stereocenters. The number of nitrogens with zero attached hydrogens (tertiary/aromatic N) is 4. The van der Waals surface area contributed by atoms with Gasteiger partial charge in [-0.1, -0.05) is 0 Å². The molecular formula is C13H17N5O. The lowest BCUT2D eigenvalue weighted by Gasteiger charge is -2.22. The minimum atomic E-state index is 0.102. The lowest BCUT2D eigenvalue weighted by molar-refractivity contribution is -0.128. The summed E-state index contributed by atoms with van der Waals surface area (Å²) in [5, 5.41) is 8.95. The fraction of sp³-hybridized carbons (Fsp3) is 0.462. The fourth-order valence-corrected chi connectivity index (χ4v) is 2.19. The molecule has 100 valence electrons. The monoisotopic (exact) mass is 259 g/mol. The summed E-state index contributed by atoms with van der Waals surface area (Å²) < 4.78 is 0. The van der Waals surface area contributed by atoms with Gasteiger partial charge in [0.15, 0.2) is 5.69 Å². The van der Waals surface area contributed by atoms with Crippen molar-refractivity contribution in [2.24, 2.45) is 0 Å². The van der Waals surface area contributed by atoms with Gasteiger partial charge < -0.3 is 15.5 Å². The Balaban J connectivity index is 2.14. The number of carbonyl (C=O) groups excluding carboxylic acids is 1. The number of rotatable bonds is 1. The Hall–Kier alpha value is -2.29. The Morgan fingerprint density at radius 1 is 1.37 bits per heavy atom. The van der Waals surface area contributed by atoms with Crippen LogP contribution in [0.4, 0.5) is 11.5 Å². The molecule has 1 aromatic rings. The largest absolute Gasteiger partial charge is 0.396 e. The number of anilines is 2. The molecule has 2 rings (SSSR count). The minimum absolute atomic E-state index is 0.102. The topological polar surface area (TPSA) is 86.3 Å². The predicted octanol–water partition coefficient (Wildman–Crippen LogP) is 0.594. The third-order valence-electron chi connectivity index (χ3n) is 3.28. The quantitative estimate of drug-likeness (QED) is 0.797. The molecule has 1 amide bonds. The molecule has 0 aromatic carbocycles. The van der Waals surface area contributed by atoms with Crippen LogP contribution in [-0.4, -0.2) is 42.0 Å². The Labute approximate surface area is 112 Å². The van der Waals surface area contributed by atoms with Crippen molar-refractivity contribution in [1.82, 2.24) is 9.88 Å². The number of amides is 1. The number of carbonyl (C=O) groups is 1. The molecule has 1 aliphatic heterocycles. The molecule has 0 unspecified atom stereocenters. The highest BCUT2D eigenvalue weighted by molar-refractivity contribution is 5.73. The molecule has 6 heteroatoms. The summed E-state index contributed by atoms with van der Waals surface area (Å²) in [6.45, 7) is 4.59. The van der Waals surface area contributed by atoms with E-state index in [0.717, 1.165) is 31.9 Å². The van der Waals surface area contributed by atoms with Gasteiger partial charge in [-0.25, -0.2) is 4.98 Å². The van der Waals surface area contributed by atoms with Crippen LogP contribution in [0.2, 0.25) is 0 Å². The van der Waals surface area contributed by atoms with E-state index in [1.807, 2.05) is 17.0 Å². The van der Waals surface area contributed by atoms with Crippen molar-refractivity contribution in [1.29, 1.82) is 5.26 Å². The van der Waals surface area contributed by atoms with Gasteiger partial charge in [-0.3, -0.25) is 4.79 Å². The summed E-state index contributed by atoms with van der Waals surface area (Å²) in [6, 6.07) is 5.51. The molecular weight excluding hydrogens is 242 g/mol. The summed E-state index contributed by atoms with van der Waals surface area (Å²) >= 11 is 0. The van der Waals surface area contributed by atoms with Gasteiger partial charge in [-0.2, -0.15) is 5.26 Å². The van der Waals surface area contributed by atoms with Crippen molar-refractivity contribution in [3.8, 4) is 6.07 Å². The normalized spacial score (nSPS) is 15.8. The first-order chi connectivity index (χ1) is 9.11. The SMILES string of the molecule is CC(=O)N1CCCN(c2ccc(N)c(C#N)n2)CC1. The third kappa shape index (κ3) is 2.94. The second kappa shape index (κ2) is 5.57. The summed E-state index contributed by atoms with van der Waals surface area (Å²) in [5.74, 6) is 0.848. The van der Waals surface area contributed by atoms with Gasteiger partial charge in [-0.15, -0.1) is 0 Å². The van der Waals surface area contributed by atoms with Gasteiger partial charge in [0.05, 0.1) is 5.69 Å². The van der Waals surface area contributed by atoms with Crippen LogP contribution in [0.15, 0.2) is 12.1 Å². The number of nitriles is 1. The van der Waals surface area contributed by atoms with Crippen molar-refractivity contribution in [2.45, 2.75) is 13.3 Å². The molecule has 2 N–H and O–H groups in total. The fourth-order valence-electron chi connectivity index (χ4n) is 2.19. The Morgan fingerprint density at radius 3 is 2.84 bits per heavy atom. The number of pyridine rings is 1. The van der Waals surface area contributed by atoms with E-state index in [1.165, 1.54) is 0 Å². The summed E-state index contributed by atoms with van der Waals surface area (Å²) in [5.41, 5.74) is 6.32. The van der Waals surface area contributed by atoms with Gasteiger partial charge in [0.2, 0.25) is 5.91 Å². The van der Waals surface area contributed by atoms with E-state index in [4.69, 9.17) is 11.0 Å². The van der Waals surface area contributed by atoms with E-state index in [9.17, 15) is 4.79 Å². The minimum Gasteiger partial charge on any atom is -0.396 e. The molecule has 1 aromatic heterocycles. The zero-order valence-electron chi connectivity index (χ0n) is 11.0. The molecule has 0 saturated carbocycles. The zero-order chi connectivity index (χ0) is 13.8. The first-order valence-corrected chi connectivity index (χ1v) is 6.29. The smallest absolute Gasteiger partial charge is 0.219 e. The first-order valence-electron chi connectivity index (χ1n) is 6.29. The molecule has 1 fully saturated rings. The Morgan fingerprint density at radius 2 is 2.16 bits per heavy atom. The summed E-state index contributed by atoms with van der Waals surface area (Å²) in [7, 11) is 0. The highest BCUT2D eigenvalue weighted by Crippen LogP contribution is 2.18. The second-order valence-corrected chi connectivity index (χ2v) is 4.57. The number of hydrogen-bond donors (Lipinski definition) is 1. The van der Waals surface area contributed by atoms with E-state index >= 15 is 0 Å². The zero-order valence-corrected chi connectivity index (χ0v) is 11.0. The van der Waals surface area contributed by atoms with Crippen LogP contribution in [0.25, 0.3) is 0 Å². The van der Waals surface area contributed by atoms with Crippen molar-refractivity contribution in [3.05, 3.63) is 17.8 Å². The van der Waals surface area contributed by atoms with Crippen molar-refractivity contribution in [2.75, 3.05) is 36.8 Å². The van der Waals surface area contributed by atoms with Gasteiger partial charge in [-0.05, 0) is 18.6 Å². The van der Waals surface area contributed by atoms with Crippen molar-refractivity contribution in [3.63, 3.8) is 0 Å². The highest BCUT2D eigenvalue weighted by Gasteiger charge is 2.18. The lowest BCUT2D eigenvalue weighted by Crippen LogP contribution is -2.33. The van der Waals surface area contributed by atoms with Crippen LogP contribution in [0.3, 0.4) is 0 Å². The number of aromatic nitrogens is 1. The van der Waals surface area contributed by atoms with E-state index < -0.39 is 0 Å². The highest BCUT2D eigenvalue weighted by atomic mass is 16.2. The maximum atomic E-state index is 11.4. The van der Waals surface area contributed by atoms with Crippen LogP contribution in [0, 0.1) is 11.3 Å². The molecule has 1 saturated heterocycles. The molecule has 1 aliphatic rings. The Bertz CT molecular complexity index is 522. The van der Waals surface area contributed by atoms with E-state index in [0.29, 0.717) is 12.2 Å². The second-order valence-electron chi connectivity index (χ2n) is 4.57. The van der Waals surface area contributed by atoms with Crippen LogP contribution in [0.1, 0.15) is 19.0 Å². The van der Waals surface area contributed by atoms with E-state index in [2.05, 4.69) is 9.88 Å². The summed E-state index contributed by atoms with van der Waals surface area (Å²) in [6.07, 6.45) is 0.896. The summed E-state index contributed by atoms with van der Waals surface area (Å²) in [4.78, 5) is 19.6. The van der Waals surface area contributed by atoms with Gasteiger partial charge >= 0.3 is 0 Å². The number of nitrogens with two attached hydrogens (primary N) is 1. The van der Waals surface area contributed by atoms with Crippen LogP contribution < -0.4 is 10.6 Å². The maximum Gasteiger partial charge on any atom is 0.219 e. The Kier molecular flexibility index (Phi) is 3.85. The van der Waals surface area contributed by atoms with E-state index in [-0.39, 0.29) is 11.6 Å². The molecule has 0 bridgehead atoms. The van der Waals surface area contributed by atoms with Crippen LogP contribution in [-0.2, 0) is 4.79 Å². The van der Waals surface area contributed by atoms with Gasteiger partial charge in [0.25, 0.3) is 0 Å². The molecule has 2 heterocycles. The van der Waals surface area contributed by atoms with Crippen LogP contribution in [0.5, 0.6) is 0 Å². The molecule has 19 heavy (non-hydrogen) atoms. The standard InChI is InChI=1S/C13H17N5O/c1-10(19)17-5-2-6-18(8-7-17)13-4-3-11(15)12(9-14)16-13/h3-4H,2,5-8,15H2,1H3. The third-order valence-corrected chi connectivity index (χ3v) is 3.28. The van der Waals surface area contributed by atoms with Crippen LogP contribution >= 0.6 is 0 Å². The molecule has 0 radical (unpaired) electrons. The number of nitrogen functional groups attached to an aromatic ring is 1. The van der Waals surface area contributed by atoms with Gasteiger partial charge in [0.1, 0.15) is 11.9 Å². The van der Waals surface area contributed by atoms with Crippen molar-refractivity contribution >= 4 is 17.4 Å².